The van der Waals surface area contributed by atoms with E-state index >= 15 is 0 Å². The molecular formula is C21H21ClN2O4. The Hall–Kier alpha value is -2.86. The molecule has 0 bridgehead atoms. The first-order valence-corrected chi connectivity index (χ1v) is 9.27. The Morgan fingerprint density at radius 1 is 1.11 bits per heavy atom. The molecule has 0 spiro atoms. The fraction of sp³-hybridized carbons (Fsp3) is 0.286. The highest BCUT2D eigenvalue weighted by Crippen LogP contribution is 2.24. The molecule has 6 nitrogen and oxygen atoms in total. The second-order valence-electron chi connectivity index (χ2n) is 6.69. The van der Waals surface area contributed by atoms with Crippen LogP contribution in [0.25, 0.3) is 0 Å². The fourth-order valence-corrected chi connectivity index (χ4v) is 3.35. The number of carbonyl (C=O) groups excluding carboxylic acids is 3. The topological polar surface area (TPSA) is 66.9 Å². The van der Waals surface area contributed by atoms with E-state index < -0.39 is 0 Å². The molecule has 0 saturated carbocycles. The number of hydrogen-bond acceptors (Lipinski definition) is 4. The van der Waals surface area contributed by atoms with Crippen molar-refractivity contribution in [2.45, 2.75) is 25.9 Å². The first kappa shape index (κ1) is 19.9. The van der Waals surface area contributed by atoms with Crippen LogP contribution in [-0.2, 0) is 22.7 Å². The standard InChI is InChI=1S/C21H21ClN2O4/c1-23(13-16-11-17(22)7-8-18(16)28-2)21(27)15-5-3-14(4-6-15)12-24-19(25)9-10-20(24)26/h3-8,11H,9-10,12-13H2,1-2H3. The van der Waals surface area contributed by atoms with E-state index in [1.165, 1.54) is 4.90 Å². The van der Waals surface area contributed by atoms with Gasteiger partial charge in [0.05, 0.1) is 13.7 Å². The molecule has 146 valence electrons. The van der Waals surface area contributed by atoms with Gasteiger partial charge in [0.15, 0.2) is 0 Å². The van der Waals surface area contributed by atoms with Gasteiger partial charge < -0.3 is 9.64 Å². The number of likely N-dealkylation sites (tertiary alicyclic amines) is 1. The highest BCUT2D eigenvalue weighted by molar-refractivity contribution is 6.30. The molecule has 0 atom stereocenters. The van der Waals surface area contributed by atoms with Crippen molar-refractivity contribution in [2.24, 2.45) is 0 Å². The molecule has 28 heavy (non-hydrogen) atoms. The van der Waals surface area contributed by atoms with Crippen LogP contribution in [0, 0.1) is 0 Å². The number of halogens is 1. The Morgan fingerprint density at radius 3 is 2.36 bits per heavy atom. The Balaban J connectivity index is 1.68. The van der Waals surface area contributed by atoms with Crippen LogP contribution in [-0.4, -0.2) is 41.7 Å². The lowest BCUT2D eigenvalue weighted by atomic mass is 10.1. The number of nitrogens with zero attached hydrogens (tertiary/aromatic N) is 2. The first-order chi connectivity index (χ1) is 13.4. The van der Waals surface area contributed by atoms with Crippen LogP contribution in [0.3, 0.4) is 0 Å². The van der Waals surface area contributed by atoms with E-state index in [0.717, 1.165) is 11.1 Å². The zero-order valence-corrected chi connectivity index (χ0v) is 16.5. The van der Waals surface area contributed by atoms with E-state index in [4.69, 9.17) is 16.3 Å². The summed E-state index contributed by atoms with van der Waals surface area (Å²) in [6.07, 6.45) is 0.542. The molecule has 1 heterocycles. The first-order valence-electron chi connectivity index (χ1n) is 8.89. The van der Waals surface area contributed by atoms with Crippen LogP contribution >= 0.6 is 11.6 Å². The normalized spacial score (nSPS) is 13.8. The maximum atomic E-state index is 12.7. The lowest BCUT2D eigenvalue weighted by molar-refractivity contribution is -0.139. The van der Waals surface area contributed by atoms with Gasteiger partial charge in [-0.2, -0.15) is 0 Å². The molecular weight excluding hydrogens is 380 g/mol. The molecule has 3 rings (SSSR count). The number of methoxy groups -OCH3 is 1. The third-order valence-electron chi connectivity index (χ3n) is 4.69. The Labute approximate surface area is 168 Å². The maximum absolute atomic E-state index is 12.7. The molecule has 3 amide bonds. The van der Waals surface area contributed by atoms with Crippen molar-refractivity contribution in [3.63, 3.8) is 0 Å². The van der Waals surface area contributed by atoms with Crippen LogP contribution in [0.4, 0.5) is 0 Å². The minimum absolute atomic E-state index is 0.151. The molecule has 0 unspecified atom stereocenters. The van der Waals surface area contributed by atoms with Crippen molar-refractivity contribution < 1.29 is 19.1 Å². The summed E-state index contributed by atoms with van der Waals surface area (Å²) in [4.78, 5) is 39.0. The summed E-state index contributed by atoms with van der Waals surface area (Å²) in [7, 11) is 3.28. The largest absolute Gasteiger partial charge is 0.496 e. The second kappa shape index (κ2) is 8.44. The SMILES string of the molecule is COc1ccc(Cl)cc1CN(C)C(=O)c1ccc(CN2C(=O)CCC2=O)cc1. The monoisotopic (exact) mass is 400 g/mol. The molecule has 0 aromatic heterocycles. The Kier molecular flexibility index (Phi) is 5.99. The van der Waals surface area contributed by atoms with Crippen LogP contribution in [0.5, 0.6) is 5.75 Å². The lowest BCUT2D eigenvalue weighted by Gasteiger charge is -2.19. The summed E-state index contributed by atoms with van der Waals surface area (Å²) >= 11 is 6.05. The highest BCUT2D eigenvalue weighted by Gasteiger charge is 2.28. The molecule has 2 aromatic carbocycles. The van der Waals surface area contributed by atoms with Crippen molar-refractivity contribution in [3.8, 4) is 5.75 Å². The summed E-state index contributed by atoms with van der Waals surface area (Å²) in [6, 6.07) is 12.2. The third kappa shape index (κ3) is 4.34. The van der Waals surface area contributed by atoms with Gasteiger partial charge in [-0.3, -0.25) is 19.3 Å². The van der Waals surface area contributed by atoms with E-state index in [1.807, 2.05) is 0 Å². The van der Waals surface area contributed by atoms with Crippen LogP contribution in [0.15, 0.2) is 42.5 Å². The number of benzene rings is 2. The second-order valence-corrected chi connectivity index (χ2v) is 7.12. The number of rotatable bonds is 6. The molecule has 0 N–H and O–H groups in total. The molecule has 7 heteroatoms. The number of carbonyl (C=O) groups is 3. The van der Waals surface area contributed by atoms with E-state index in [-0.39, 0.29) is 37.1 Å². The van der Waals surface area contributed by atoms with Gasteiger partial charge in [-0.1, -0.05) is 23.7 Å². The van der Waals surface area contributed by atoms with Gasteiger partial charge in [0, 0.05) is 42.6 Å². The Bertz CT molecular complexity index is 895. The van der Waals surface area contributed by atoms with Gasteiger partial charge in [-0.05, 0) is 35.9 Å². The maximum Gasteiger partial charge on any atom is 0.253 e. The fourth-order valence-electron chi connectivity index (χ4n) is 3.15. The highest BCUT2D eigenvalue weighted by atomic mass is 35.5. The average Bonchev–Trinajstić information content (AvgIpc) is 3.00. The molecule has 2 aromatic rings. The van der Waals surface area contributed by atoms with Gasteiger partial charge >= 0.3 is 0 Å². The van der Waals surface area contributed by atoms with Gasteiger partial charge in [-0.15, -0.1) is 0 Å². The van der Waals surface area contributed by atoms with E-state index in [0.29, 0.717) is 22.9 Å². The van der Waals surface area contributed by atoms with Crippen LogP contribution in [0.2, 0.25) is 5.02 Å². The van der Waals surface area contributed by atoms with Gasteiger partial charge in [0.2, 0.25) is 11.8 Å². The number of hydrogen-bond donors (Lipinski definition) is 0. The number of imide groups is 1. The quantitative estimate of drug-likeness (QED) is 0.698. The summed E-state index contributed by atoms with van der Waals surface area (Å²) in [5.41, 5.74) is 2.14. The molecule has 1 aliphatic heterocycles. The summed E-state index contributed by atoms with van der Waals surface area (Å²) < 4.78 is 5.33. The minimum atomic E-state index is -0.152. The molecule has 0 radical (unpaired) electrons. The van der Waals surface area contributed by atoms with Crippen molar-refractivity contribution in [2.75, 3.05) is 14.2 Å². The Morgan fingerprint density at radius 2 is 1.75 bits per heavy atom. The van der Waals surface area contributed by atoms with Crippen molar-refractivity contribution >= 4 is 29.3 Å². The van der Waals surface area contributed by atoms with Crippen molar-refractivity contribution in [3.05, 3.63) is 64.2 Å². The van der Waals surface area contributed by atoms with Crippen molar-refractivity contribution in [1.29, 1.82) is 0 Å². The van der Waals surface area contributed by atoms with E-state index in [2.05, 4.69) is 0 Å². The van der Waals surface area contributed by atoms with E-state index in [1.54, 1.807) is 61.5 Å². The number of ether oxygens (including phenoxy) is 1. The molecule has 0 aliphatic carbocycles. The molecule has 1 saturated heterocycles. The molecule has 1 fully saturated rings. The van der Waals surface area contributed by atoms with Gasteiger partial charge in [0.1, 0.15) is 5.75 Å². The van der Waals surface area contributed by atoms with Crippen LogP contribution in [0.1, 0.15) is 34.3 Å². The minimum Gasteiger partial charge on any atom is -0.496 e. The zero-order valence-electron chi connectivity index (χ0n) is 15.8. The summed E-state index contributed by atoms with van der Waals surface area (Å²) in [5.74, 6) is 0.210. The molecule has 1 aliphatic rings. The predicted molar refractivity (Wildman–Crippen MR) is 105 cm³/mol. The average molecular weight is 401 g/mol. The summed E-state index contributed by atoms with van der Waals surface area (Å²) in [5, 5.41) is 0.576. The van der Waals surface area contributed by atoms with Crippen LogP contribution < -0.4 is 4.74 Å². The predicted octanol–water partition coefficient (Wildman–Crippen LogP) is 3.27. The smallest absolute Gasteiger partial charge is 0.253 e. The van der Waals surface area contributed by atoms with Gasteiger partial charge in [-0.25, -0.2) is 0 Å². The van der Waals surface area contributed by atoms with Gasteiger partial charge in [0.25, 0.3) is 5.91 Å². The van der Waals surface area contributed by atoms with Crippen molar-refractivity contribution in [1.82, 2.24) is 9.80 Å². The zero-order chi connectivity index (χ0) is 20.3. The summed E-state index contributed by atoms with van der Waals surface area (Å²) in [6.45, 7) is 0.586. The lowest BCUT2D eigenvalue weighted by Crippen LogP contribution is -2.28. The number of amides is 3. The third-order valence-corrected chi connectivity index (χ3v) is 4.93. The van der Waals surface area contributed by atoms with E-state index in [9.17, 15) is 14.4 Å².